The standard InChI is InChI=1S/C11H11ClN2O3/c12-8-4-3-5-9(14(16)17)11(8)13-7-2-1-6-10(13)15/h3-5H,1-2,6-7H2. The van der Waals surface area contributed by atoms with Gasteiger partial charge in [-0.15, -0.1) is 0 Å². The smallest absolute Gasteiger partial charge is 0.294 e. The molecule has 0 bridgehead atoms. The molecule has 0 atom stereocenters. The summed E-state index contributed by atoms with van der Waals surface area (Å²) in [6.45, 7) is 0.489. The lowest BCUT2D eigenvalue weighted by atomic mass is 10.1. The van der Waals surface area contributed by atoms with Crippen LogP contribution in [0.1, 0.15) is 19.3 Å². The van der Waals surface area contributed by atoms with Crippen LogP contribution in [0.2, 0.25) is 5.02 Å². The van der Waals surface area contributed by atoms with E-state index in [1.807, 2.05) is 0 Å². The van der Waals surface area contributed by atoms with Gasteiger partial charge in [-0.2, -0.15) is 0 Å². The molecule has 0 spiro atoms. The number of hydrogen-bond acceptors (Lipinski definition) is 3. The van der Waals surface area contributed by atoms with Crippen LogP contribution < -0.4 is 4.90 Å². The van der Waals surface area contributed by atoms with E-state index >= 15 is 0 Å². The molecule has 1 aromatic rings. The van der Waals surface area contributed by atoms with E-state index in [9.17, 15) is 14.9 Å². The number of benzene rings is 1. The quantitative estimate of drug-likeness (QED) is 0.602. The number of para-hydroxylation sites is 1. The lowest BCUT2D eigenvalue weighted by Gasteiger charge is -2.27. The maximum Gasteiger partial charge on any atom is 0.294 e. The molecule has 17 heavy (non-hydrogen) atoms. The highest BCUT2D eigenvalue weighted by molar-refractivity contribution is 6.34. The molecule has 1 aliphatic rings. The van der Waals surface area contributed by atoms with Crippen molar-refractivity contribution in [3.8, 4) is 0 Å². The number of nitro groups is 1. The van der Waals surface area contributed by atoms with Crippen molar-refractivity contribution >= 4 is 28.9 Å². The Morgan fingerprint density at radius 2 is 2.12 bits per heavy atom. The monoisotopic (exact) mass is 254 g/mol. The van der Waals surface area contributed by atoms with Crippen LogP contribution in [0.25, 0.3) is 0 Å². The molecular weight excluding hydrogens is 244 g/mol. The lowest BCUT2D eigenvalue weighted by molar-refractivity contribution is -0.384. The number of nitro benzene ring substituents is 1. The molecule has 1 fully saturated rings. The molecule has 1 saturated heterocycles. The van der Waals surface area contributed by atoms with E-state index < -0.39 is 4.92 Å². The van der Waals surface area contributed by atoms with E-state index in [1.54, 1.807) is 6.07 Å². The van der Waals surface area contributed by atoms with Gasteiger partial charge >= 0.3 is 0 Å². The Morgan fingerprint density at radius 3 is 2.76 bits per heavy atom. The van der Waals surface area contributed by atoms with Crippen molar-refractivity contribution in [2.75, 3.05) is 11.4 Å². The number of nitrogens with zero attached hydrogens (tertiary/aromatic N) is 2. The fourth-order valence-electron chi connectivity index (χ4n) is 1.96. The Balaban J connectivity index is 2.49. The molecular formula is C11H11ClN2O3. The number of halogens is 1. The minimum absolute atomic E-state index is 0.104. The third-order valence-corrected chi connectivity index (χ3v) is 3.06. The summed E-state index contributed by atoms with van der Waals surface area (Å²) in [5.74, 6) is -0.104. The normalized spacial score (nSPS) is 16.1. The summed E-state index contributed by atoms with van der Waals surface area (Å²) in [7, 11) is 0. The summed E-state index contributed by atoms with van der Waals surface area (Å²) in [4.78, 5) is 23.6. The minimum atomic E-state index is -0.511. The average molecular weight is 255 g/mol. The highest BCUT2D eigenvalue weighted by atomic mass is 35.5. The van der Waals surface area contributed by atoms with Crippen LogP contribution in [-0.2, 0) is 4.79 Å². The Bertz CT molecular complexity index is 476. The topological polar surface area (TPSA) is 63.5 Å². The molecule has 0 N–H and O–H groups in total. The summed E-state index contributed by atoms with van der Waals surface area (Å²) in [6, 6.07) is 4.44. The zero-order valence-electron chi connectivity index (χ0n) is 9.06. The molecule has 1 amide bonds. The van der Waals surface area contributed by atoms with Gasteiger partial charge in [0.15, 0.2) is 0 Å². The minimum Gasteiger partial charge on any atom is -0.305 e. The van der Waals surface area contributed by atoms with Crippen molar-refractivity contribution in [3.63, 3.8) is 0 Å². The number of carbonyl (C=O) groups excluding carboxylic acids is 1. The maximum atomic E-state index is 11.8. The third-order valence-electron chi connectivity index (χ3n) is 2.76. The van der Waals surface area contributed by atoms with Crippen LogP contribution in [0, 0.1) is 10.1 Å². The van der Waals surface area contributed by atoms with E-state index in [1.165, 1.54) is 17.0 Å². The molecule has 1 aliphatic heterocycles. The first-order valence-corrected chi connectivity index (χ1v) is 5.72. The highest BCUT2D eigenvalue weighted by Crippen LogP contribution is 2.37. The third kappa shape index (κ3) is 2.24. The van der Waals surface area contributed by atoms with Crippen LogP contribution in [0.4, 0.5) is 11.4 Å². The van der Waals surface area contributed by atoms with Crippen LogP contribution in [-0.4, -0.2) is 17.4 Å². The summed E-state index contributed by atoms with van der Waals surface area (Å²) in [6.07, 6.45) is 2.09. The lowest BCUT2D eigenvalue weighted by Crippen LogP contribution is -2.35. The summed E-state index contributed by atoms with van der Waals surface area (Å²) in [5.41, 5.74) is 0.108. The van der Waals surface area contributed by atoms with Gasteiger partial charge in [0.05, 0.1) is 9.95 Å². The van der Waals surface area contributed by atoms with Crippen LogP contribution in [0.15, 0.2) is 18.2 Å². The number of rotatable bonds is 2. The Kier molecular flexibility index (Phi) is 3.28. The van der Waals surface area contributed by atoms with Crippen molar-refractivity contribution < 1.29 is 9.72 Å². The molecule has 1 aromatic carbocycles. The largest absolute Gasteiger partial charge is 0.305 e. The fourth-order valence-corrected chi connectivity index (χ4v) is 2.23. The van der Waals surface area contributed by atoms with Gasteiger partial charge in [0, 0.05) is 19.0 Å². The van der Waals surface area contributed by atoms with Crippen molar-refractivity contribution in [2.45, 2.75) is 19.3 Å². The number of anilines is 1. The molecule has 5 nitrogen and oxygen atoms in total. The molecule has 2 rings (SSSR count). The summed E-state index contributed by atoms with van der Waals surface area (Å²) >= 11 is 5.97. The van der Waals surface area contributed by atoms with Gasteiger partial charge in [-0.1, -0.05) is 17.7 Å². The van der Waals surface area contributed by atoms with Gasteiger partial charge < -0.3 is 4.90 Å². The van der Waals surface area contributed by atoms with E-state index in [-0.39, 0.29) is 22.3 Å². The SMILES string of the molecule is O=C1CCCCN1c1c(Cl)cccc1[N+](=O)[O-]. The van der Waals surface area contributed by atoms with Crippen molar-refractivity contribution in [1.82, 2.24) is 0 Å². The van der Waals surface area contributed by atoms with E-state index in [4.69, 9.17) is 11.6 Å². The second-order valence-electron chi connectivity index (χ2n) is 3.87. The number of hydrogen-bond donors (Lipinski definition) is 0. The van der Waals surface area contributed by atoms with Gasteiger partial charge in [-0.3, -0.25) is 14.9 Å². The maximum absolute atomic E-state index is 11.8. The first-order valence-electron chi connectivity index (χ1n) is 5.34. The molecule has 1 heterocycles. The summed E-state index contributed by atoms with van der Waals surface area (Å²) in [5, 5.41) is 11.2. The van der Waals surface area contributed by atoms with E-state index in [0.717, 1.165) is 12.8 Å². The van der Waals surface area contributed by atoms with Crippen LogP contribution in [0.5, 0.6) is 0 Å². The van der Waals surface area contributed by atoms with E-state index in [2.05, 4.69) is 0 Å². The van der Waals surface area contributed by atoms with Crippen molar-refractivity contribution in [1.29, 1.82) is 0 Å². The molecule has 90 valence electrons. The average Bonchev–Trinajstić information content (AvgIpc) is 2.30. The molecule has 6 heteroatoms. The second-order valence-corrected chi connectivity index (χ2v) is 4.27. The van der Waals surface area contributed by atoms with Gasteiger partial charge in [-0.25, -0.2) is 0 Å². The molecule has 0 aromatic heterocycles. The predicted molar refractivity (Wildman–Crippen MR) is 64.3 cm³/mol. The van der Waals surface area contributed by atoms with Gasteiger partial charge in [-0.05, 0) is 18.9 Å². The number of piperidine rings is 1. The number of amides is 1. The van der Waals surface area contributed by atoms with Gasteiger partial charge in [0.1, 0.15) is 5.69 Å². The Labute approximate surface area is 103 Å². The molecule has 0 saturated carbocycles. The van der Waals surface area contributed by atoms with Crippen molar-refractivity contribution in [3.05, 3.63) is 33.3 Å². The second kappa shape index (κ2) is 4.71. The molecule has 0 radical (unpaired) electrons. The zero-order valence-corrected chi connectivity index (χ0v) is 9.81. The predicted octanol–water partition coefficient (Wildman–Crippen LogP) is 2.77. The van der Waals surface area contributed by atoms with Gasteiger partial charge in [0.25, 0.3) is 5.69 Å². The fraction of sp³-hybridized carbons (Fsp3) is 0.364. The van der Waals surface area contributed by atoms with E-state index in [0.29, 0.717) is 13.0 Å². The Hall–Kier alpha value is -1.62. The first kappa shape index (κ1) is 11.9. The highest BCUT2D eigenvalue weighted by Gasteiger charge is 2.28. The number of carbonyl (C=O) groups is 1. The zero-order chi connectivity index (χ0) is 12.4. The molecule has 0 aliphatic carbocycles. The first-order chi connectivity index (χ1) is 8.11. The van der Waals surface area contributed by atoms with Crippen molar-refractivity contribution in [2.24, 2.45) is 0 Å². The van der Waals surface area contributed by atoms with Crippen LogP contribution in [0.3, 0.4) is 0 Å². The summed E-state index contributed by atoms with van der Waals surface area (Å²) < 4.78 is 0. The molecule has 0 unspecified atom stereocenters. The van der Waals surface area contributed by atoms with Gasteiger partial charge in [0.2, 0.25) is 5.91 Å². The Morgan fingerprint density at radius 1 is 1.35 bits per heavy atom. The van der Waals surface area contributed by atoms with Crippen LogP contribution >= 0.6 is 11.6 Å².